The fraction of sp³-hybridized carbons (Fsp3) is 0.385. The molecule has 0 fully saturated rings. The van der Waals surface area contributed by atoms with Crippen molar-refractivity contribution >= 4 is 61.4 Å². The molecule has 234 valence electrons. The molecule has 0 bridgehead atoms. The molecule has 0 aromatic heterocycles. The minimum atomic E-state index is -1.21. The second-order valence-electron chi connectivity index (χ2n) is 12.9. The van der Waals surface area contributed by atoms with Crippen molar-refractivity contribution in [3.05, 3.63) is 102 Å². The van der Waals surface area contributed by atoms with E-state index in [0.29, 0.717) is 11.8 Å². The first-order valence-electron chi connectivity index (χ1n) is 16.0. The Morgan fingerprint density at radius 2 is 1.36 bits per heavy atom. The van der Waals surface area contributed by atoms with Gasteiger partial charge < -0.3 is 0 Å². The molecule has 0 heterocycles. The van der Waals surface area contributed by atoms with E-state index in [1.807, 2.05) is 0 Å². The minimum absolute atomic E-state index is 0.658. The molecule has 2 radical (unpaired) electrons. The molecular weight excluding hydrogens is 687 g/mol. The van der Waals surface area contributed by atoms with Crippen LogP contribution >= 0.6 is 17.0 Å². The molecule has 0 saturated heterocycles. The third kappa shape index (κ3) is 11.2. The Bertz CT molecular complexity index is 1520. The fourth-order valence-corrected chi connectivity index (χ4v) is 6.77. The summed E-state index contributed by atoms with van der Waals surface area (Å²) >= 11 is -0.826. The summed E-state index contributed by atoms with van der Waals surface area (Å²) < 4.78 is 0. The van der Waals surface area contributed by atoms with Crippen molar-refractivity contribution in [3.63, 3.8) is 0 Å². The van der Waals surface area contributed by atoms with Gasteiger partial charge in [-0.2, -0.15) is 12.1 Å². The van der Waals surface area contributed by atoms with Gasteiger partial charge in [0.05, 0.1) is 8.07 Å². The Morgan fingerprint density at radius 3 is 1.91 bits per heavy atom. The molecular formula is C39H52Cl2Si2Zr. The first-order valence-corrected chi connectivity index (χ1v) is 27.8. The van der Waals surface area contributed by atoms with Crippen LogP contribution in [0.2, 0.25) is 32.7 Å². The Balaban J connectivity index is 0.000000262. The molecule has 5 aromatic carbocycles. The molecule has 5 aromatic rings. The number of hydrogen-bond acceptors (Lipinski definition) is 0. The Labute approximate surface area is 291 Å². The molecule has 0 nitrogen and oxygen atoms in total. The SMILES string of the molecule is CCCC(C)c1cc2c(C(C)CC)cccc2[cH-]1.C[Si]C.Cc1cc2c(-c3ccc([Si](C)(C)C)cc3)cccc2[cH-]1.[Cl][Zr+2][Cl]. The first kappa shape index (κ1) is 39.0. The van der Waals surface area contributed by atoms with Gasteiger partial charge in [-0.15, -0.1) is 69.1 Å². The number of rotatable bonds is 7. The molecule has 0 aliphatic carbocycles. The number of halogens is 2. The molecule has 0 aliphatic rings. The van der Waals surface area contributed by atoms with Gasteiger partial charge in [0.15, 0.2) is 0 Å². The van der Waals surface area contributed by atoms with Crippen LogP contribution in [0.5, 0.6) is 0 Å². The number of hydrogen-bond donors (Lipinski definition) is 0. The van der Waals surface area contributed by atoms with Crippen LogP contribution in [0.1, 0.15) is 75.5 Å². The van der Waals surface area contributed by atoms with Gasteiger partial charge >= 0.3 is 37.9 Å². The van der Waals surface area contributed by atoms with Crippen LogP contribution in [0, 0.1) is 6.92 Å². The zero-order chi connectivity index (χ0) is 32.9. The fourth-order valence-electron chi connectivity index (χ4n) is 5.60. The van der Waals surface area contributed by atoms with Gasteiger partial charge in [0, 0.05) is 9.52 Å². The summed E-state index contributed by atoms with van der Waals surface area (Å²) in [4.78, 5) is 0. The van der Waals surface area contributed by atoms with Crippen molar-refractivity contribution in [1.29, 1.82) is 0 Å². The quantitative estimate of drug-likeness (QED) is 0.115. The normalized spacial score (nSPS) is 12.2. The molecule has 2 atom stereocenters. The summed E-state index contributed by atoms with van der Waals surface area (Å²) in [6, 6.07) is 31.9. The number of benzene rings is 3. The third-order valence-electron chi connectivity index (χ3n) is 8.20. The van der Waals surface area contributed by atoms with Crippen LogP contribution in [0.25, 0.3) is 32.7 Å². The average molecular weight is 739 g/mol. The summed E-state index contributed by atoms with van der Waals surface area (Å²) in [5.41, 5.74) is 7.04. The van der Waals surface area contributed by atoms with Gasteiger partial charge in [0.1, 0.15) is 0 Å². The second-order valence-corrected chi connectivity index (χ2v) is 22.7. The van der Waals surface area contributed by atoms with Gasteiger partial charge in [-0.05, 0) is 23.8 Å². The summed E-state index contributed by atoms with van der Waals surface area (Å²) in [7, 11) is 9.74. The Kier molecular flexibility index (Phi) is 17.2. The third-order valence-corrected chi connectivity index (χ3v) is 10.3. The summed E-state index contributed by atoms with van der Waals surface area (Å²) in [5.74, 6) is 1.35. The van der Waals surface area contributed by atoms with Crippen molar-refractivity contribution in [1.82, 2.24) is 0 Å². The summed E-state index contributed by atoms with van der Waals surface area (Å²) in [6.07, 6.45) is 3.76. The summed E-state index contributed by atoms with van der Waals surface area (Å²) in [5, 5.41) is 7.13. The Hall–Kier alpha value is -1.22. The van der Waals surface area contributed by atoms with Crippen molar-refractivity contribution in [3.8, 4) is 11.1 Å². The molecule has 5 rings (SSSR count). The van der Waals surface area contributed by atoms with Crippen LogP contribution in [-0.2, 0) is 20.8 Å². The van der Waals surface area contributed by atoms with Gasteiger partial charge in [-0.1, -0.05) is 133 Å². The van der Waals surface area contributed by atoms with Gasteiger partial charge in [0.25, 0.3) is 0 Å². The molecule has 44 heavy (non-hydrogen) atoms. The standard InChI is InChI=1S/C19H21Si.C18H25.C2H6Si.2ClH.Zr/c1-14-12-16-6-5-7-18(19(16)13-14)15-8-10-17(11-9-15)20(2,3)4;1-5-8-14(4)16-11-15-9-7-10-17(13(3)6-2)18(15)12-16;1-3-2;;;/h5-13H,1-4H3;7,9-14H,5-6,8H2,1-4H3;1-2H3;2*1H;/q2*-1;;;;+4/p-2. The van der Waals surface area contributed by atoms with Crippen molar-refractivity contribution in [2.45, 2.75) is 98.5 Å². The van der Waals surface area contributed by atoms with Crippen molar-refractivity contribution in [2.75, 3.05) is 0 Å². The van der Waals surface area contributed by atoms with Crippen molar-refractivity contribution < 1.29 is 20.8 Å². The van der Waals surface area contributed by atoms with E-state index in [4.69, 9.17) is 17.0 Å². The Morgan fingerprint density at radius 1 is 0.795 bits per heavy atom. The van der Waals surface area contributed by atoms with Crippen molar-refractivity contribution in [2.24, 2.45) is 0 Å². The topological polar surface area (TPSA) is 0 Å². The maximum absolute atomic E-state index is 4.93. The maximum atomic E-state index is 4.93. The zero-order valence-electron chi connectivity index (χ0n) is 28.6. The van der Waals surface area contributed by atoms with Crippen LogP contribution in [0.4, 0.5) is 0 Å². The van der Waals surface area contributed by atoms with E-state index in [2.05, 4.69) is 152 Å². The molecule has 0 amide bonds. The predicted molar refractivity (Wildman–Crippen MR) is 203 cm³/mol. The predicted octanol–water partition coefficient (Wildman–Crippen LogP) is 13.2. The van der Waals surface area contributed by atoms with E-state index in [1.54, 1.807) is 0 Å². The van der Waals surface area contributed by atoms with E-state index >= 15 is 0 Å². The van der Waals surface area contributed by atoms with Crippen LogP contribution in [0.3, 0.4) is 0 Å². The molecule has 0 aliphatic heterocycles. The molecule has 5 heteroatoms. The van der Waals surface area contributed by atoms with E-state index < -0.39 is 28.9 Å². The average Bonchev–Trinajstić information content (AvgIpc) is 3.60. The monoisotopic (exact) mass is 736 g/mol. The molecule has 2 unspecified atom stereocenters. The van der Waals surface area contributed by atoms with Crippen LogP contribution in [0.15, 0.2) is 84.9 Å². The van der Waals surface area contributed by atoms with Gasteiger partial charge in [0.2, 0.25) is 0 Å². The van der Waals surface area contributed by atoms with Gasteiger partial charge in [-0.25, -0.2) is 0 Å². The van der Waals surface area contributed by atoms with Gasteiger partial charge in [-0.3, -0.25) is 0 Å². The van der Waals surface area contributed by atoms with Crippen LogP contribution < -0.4 is 5.19 Å². The van der Waals surface area contributed by atoms with E-state index in [0.717, 1.165) is 9.52 Å². The first-order chi connectivity index (χ1) is 20.9. The van der Waals surface area contributed by atoms with E-state index in [-0.39, 0.29) is 0 Å². The number of aryl methyl sites for hydroxylation is 1. The zero-order valence-corrected chi connectivity index (χ0v) is 34.6. The molecule has 0 N–H and O–H groups in total. The molecule has 0 saturated carbocycles. The van der Waals surface area contributed by atoms with Crippen LogP contribution in [-0.4, -0.2) is 17.6 Å². The number of fused-ring (bicyclic) bond motifs is 2. The second kappa shape index (κ2) is 19.4. The van der Waals surface area contributed by atoms with E-state index in [9.17, 15) is 0 Å². The summed E-state index contributed by atoms with van der Waals surface area (Å²) in [6.45, 7) is 22.9. The van der Waals surface area contributed by atoms with E-state index in [1.165, 1.54) is 73.8 Å². The molecule has 0 spiro atoms.